The quantitative estimate of drug-likeness (QED) is 0.856. The van der Waals surface area contributed by atoms with Crippen molar-refractivity contribution in [2.24, 2.45) is 0 Å². The third-order valence-electron chi connectivity index (χ3n) is 3.09. The minimum Gasteiger partial charge on any atom is -0.359 e. The van der Waals surface area contributed by atoms with E-state index in [1.54, 1.807) is 0 Å². The van der Waals surface area contributed by atoms with E-state index >= 15 is 0 Å². The number of nitrogens with zero attached hydrogens (tertiary/aromatic N) is 3. The van der Waals surface area contributed by atoms with Gasteiger partial charge in [0.2, 0.25) is 5.91 Å². The summed E-state index contributed by atoms with van der Waals surface area (Å²) in [5.41, 5.74) is 0.972. The van der Waals surface area contributed by atoms with Crippen LogP contribution in [0.25, 0.3) is 0 Å². The van der Waals surface area contributed by atoms with Gasteiger partial charge in [-0.25, -0.2) is 9.97 Å². The molecule has 1 atom stereocenters. The minimum atomic E-state index is -0.283. The van der Waals surface area contributed by atoms with Gasteiger partial charge in [-0.05, 0) is 26.7 Å². The van der Waals surface area contributed by atoms with Crippen LogP contribution in [0.5, 0.6) is 0 Å². The summed E-state index contributed by atoms with van der Waals surface area (Å²) < 4.78 is 0. The lowest BCUT2D eigenvalue weighted by Crippen LogP contribution is -2.41. The van der Waals surface area contributed by atoms with E-state index in [1.807, 2.05) is 31.7 Å². The molecule has 1 unspecified atom stereocenters. The van der Waals surface area contributed by atoms with Crippen molar-refractivity contribution in [1.29, 1.82) is 0 Å². The fourth-order valence-corrected chi connectivity index (χ4v) is 1.86. The summed E-state index contributed by atoms with van der Waals surface area (Å²) in [5.74, 6) is 1.14. The van der Waals surface area contributed by atoms with Crippen LogP contribution < -0.4 is 5.32 Å². The van der Waals surface area contributed by atoms with Gasteiger partial charge >= 0.3 is 0 Å². The average molecular weight is 264 g/mol. The molecule has 0 saturated heterocycles. The number of likely N-dealkylation sites (N-methyl/N-ethyl adjacent to an activating group) is 1. The first kappa shape index (κ1) is 15.4. The van der Waals surface area contributed by atoms with Crippen molar-refractivity contribution in [1.82, 2.24) is 14.9 Å². The topological polar surface area (TPSA) is 58.1 Å². The smallest absolute Gasteiger partial charge is 0.244 e. The Morgan fingerprint density at radius 3 is 2.42 bits per heavy atom. The van der Waals surface area contributed by atoms with Crippen LogP contribution >= 0.6 is 0 Å². The number of carbonyl (C=O) groups is 1. The van der Waals surface area contributed by atoms with Gasteiger partial charge in [0, 0.05) is 24.8 Å². The molecule has 1 heterocycles. The minimum absolute atomic E-state index is 0.0923. The van der Waals surface area contributed by atoms with Gasteiger partial charge in [0.15, 0.2) is 0 Å². The molecule has 0 aliphatic heterocycles. The SMILES string of the molecule is CCN(CC)C(=O)C(C)Nc1cc(C(C)C)ncn1. The Bertz CT molecular complexity index is 416. The van der Waals surface area contributed by atoms with Gasteiger partial charge in [-0.1, -0.05) is 13.8 Å². The molecule has 19 heavy (non-hydrogen) atoms. The monoisotopic (exact) mass is 264 g/mol. The summed E-state index contributed by atoms with van der Waals surface area (Å²) >= 11 is 0. The molecule has 5 nitrogen and oxygen atoms in total. The Balaban J connectivity index is 2.73. The first-order valence-corrected chi connectivity index (χ1v) is 6.86. The van der Waals surface area contributed by atoms with E-state index in [9.17, 15) is 4.79 Å². The van der Waals surface area contributed by atoms with E-state index in [-0.39, 0.29) is 11.9 Å². The van der Waals surface area contributed by atoms with Crippen molar-refractivity contribution >= 4 is 11.7 Å². The molecule has 106 valence electrons. The molecule has 1 aromatic heterocycles. The molecule has 1 N–H and O–H groups in total. The lowest BCUT2D eigenvalue weighted by Gasteiger charge is -2.23. The van der Waals surface area contributed by atoms with E-state index < -0.39 is 0 Å². The van der Waals surface area contributed by atoms with Gasteiger partial charge in [0.05, 0.1) is 0 Å². The highest BCUT2D eigenvalue weighted by Crippen LogP contribution is 2.14. The third-order valence-corrected chi connectivity index (χ3v) is 3.09. The van der Waals surface area contributed by atoms with Crippen molar-refractivity contribution in [2.45, 2.75) is 46.6 Å². The van der Waals surface area contributed by atoms with Gasteiger partial charge < -0.3 is 10.2 Å². The predicted molar refractivity (Wildman–Crippen MR) is 77.1 cm³/mol. The van der Waals surface area contributed by atoms with Gasteiger partial charge in [0.1, 0.15) is 18.2 Å². The van der Waals surface area contributed by atoms with E-state index in [2.05, 4.69) is 29.1 Å². The zero-order valence-electron chi connectivity index (χ0n) is 12.5. The lowest BCUT2D eigenvalue weighted by atomic mass is 10.1. The summed E-state index contributed by atoms with van der Waals surface area (Å²) in [6, 6.07) is 1.62. The summed E-state index contributed by atoms with van der Waals surface area (Å²) in [5, 5.41) is 3.14. The van der Waals surface area contributed by atoms with Crippen molar-refractivity contribution in [3.8, 4) is 0 Å². The molecule has 0 spiro atoms. The number of nitrogens with one attached hydrogen (secondary N) is 1. The van der Waals surface area contributed by atoms with E-state index in [0.717, 1.165) is 18.8 Å². The van der Waals surface area contributed by atoms with Crippen LogP contribution in [0.2, 0.25) is 0 Å². The van der Waals surface area contributed by atoms with Gasteiger partial charge in [-0.2, -0.15) is 0 Å². The molecular weight excluding hydrogens is 240 g/mol. The second-order valence-electron chi connectivity index (χ2n) is 4.86. The van der Waals surface area contributed by atoms with Crippen molar-refractivity contribution in [3.05, 3.63) is 18.1 Å². The molecule has 1 amide bonds. The van der Waals surface area contributed by atoms with E-state index in [1.165, 1.54) is 6.33 Å². The van der Waals surface area contributed by atoms with E-state index in [4.69, 9.17) is 0 Å². The number of rotatable bonds is 6. The van der Waals surface area contributed by atoms with Crippen molar-refractivity contribution < 1.29 is 4.79 Å². The van der Waals surface area contributed by atoms with Crippen molar-refractivity contribution in [3.63, 3.8) is 0 Å². The first-order valence-electron chi connectivity index (χ1n) is 6.86. The summed E-state index contributed by atoms with van der Waals surface area (Å²) in [6.45, 7) is 11.4. The highest BCUT2D eigenvalue weighted by Gasteiger charge is 2.18. The Kier molecular flexibility index (Phi) is 5.73. The summed E-state index contributed by atoms with van der Waals surface area (Å²) in [4.78, 5) is 22.3. The Labute approximate surface area is 115 Å². The lowest BCUT2D eigenvalue weighted by molar-refractivity contribution is -0.131. The number of anilines is 1. The normalized spacial score (nSPS) is 12.3. The van der Waals surface area contributed by atoms with Crippen LogP contribution in [0.1, 0.15) is 46.2 Å². The molecule has 0 aromatic carbocycles. The molecular formula is C14H24N4O. The molecule has 0 aliphatic carbocycles. The maximum atomic E-state index is 12.1. The second-order valence-corrected chi connectivity index (χ2v) is 4.86. The molecule has 1 rings (SSSR count). The molecule has 0 fully saturated rings. The number of aromatic nitrogens is 2. The van der Waals surface area contributed by atoms with Gasteiger partial charge in [-0.3, -0.25) is 4.79 Å². The molecule has 0 aliphatic rings. The van der Waals surface area contributed by atoms with Crippen LogP contribution in [0.15, 0.2) is 12.4 Å². The van der Waals surface area contributed by atoms with Crippen LogP contribution in [0.4, 0.5) is 5.82 Å². The molecule has 1 aromatic rings. The Morgan fingerprint density at radius 2 is 1.89 bits per heavy atom. The highest BCUT2D eigenvalue weighted by molar-refractivity contribution is 5.83. The maximum Gasteiger partial charge on any atom is 0.244 e. The summed E-state index contributed by atoms with van der Waals surface area (Å²) in [6.07, 6.45) is 1.53. The zero-order chi connectivity index (χ0) is 14.4. The van der Waals surface area contributed by atoms with Crippen LogP contribution in [-0.2, 0) is 4.79 Å². The number of carbonyl (C=O) groups excluding carboxylic acids is 1. The average Bonchev–Trinajstić information content (AvgIpc) is 2.40. The highest BCUT2D eigenvalue weighted by atomic mass is 16.2. The maximum absolute atomic E-state index is 12.1. The zero-order valence-corrected chi connectivity index (χ0v) is 12.5. The van der Waals surface area contributed by atoms with Gasteiger partial charge in [0.25, 0.3) is 0 Å². The number of amides is 1. The Hall–Kier alpha value is -1.65. The largest absolute Gasteiger partial charge is 0.359 e. The predicted octanol–water partition coefficient (Wildman–Crippen LogP) is 2.27. The van der Waals surface area contributed by atoms with Crippen LogP contribution in [-0.4, -0.2) is 39.9 Å². The van der Waals surface area contributed by atoms with Crippen LogP contribution in [0, 0.1) is 0 Å². The Morgan fingerprint density at radius 1 is 1.26 bits per heavy atom. The second kappa shape index (κ2) is 7.07. The van der Waals surface area contributed by atoms with Crippen molar-refractivity contribution in [2.75, 3.05) is 18.4 Å². The fourth-order valence-electron chi connectivity index (χ4n) is 1.86. The molecule has 5 heteroatoms. The molecule has 0 saturated carbocycles. The molecule has 0 radical (unpaired) electrons. The molecule has 0 bridgehead atoms. The fraction of sp³-hybridized carbons (Fsp3) is 0.643. The standard InChI is InChI=1S/C14H24N4O/c1-6-18(7-2)14(19)11(5)17-13-8-12(10(3)4)15-9-16-13/h8-11H,6-7H2,1-5H3,(H,15,16,17). The first-order chi connectivity index (χ1) is 8.99. The number of hydrogen-bond acceptors (Lipinski definition) is 4. The van der Waals surface area contributed by atoms with E-state index in [0.29, 0.717) is 11.7 Å². The number of hydrogen-bond donors (Lipinski definition) is 1. The third kappa shape index (κ3) is 4.19. The van der Waals surface area contributed by atoms with Crippen LogP contribution in [0.3, 0.4) is 0 Å². The summed E-state index contributed by atoms with van der Waals surface area (Å²) in [7, 11) is 0. The van der Waals surface area contributed by atoms with Gasteiger partial charge in [-0.15, -0.1) is 0 Å².